The van der Waals surface area contributed by atoms with Crippen molar-refractivity contribution in [3.8, 4) is 0 Å². The predicted octanol–water partition coefficient (Wildman–Crippen LogP) is 1.60. The highest BCUT2D eigenvalue weighted by molar-refractivity contribution is 5.93. The quantitative estimate of drug-likeness (QED) is 0.855. The minimum absolute atomic E-state index is 0.0564. The van der Waals surface area contributed by atoms with Crippen LogP contribution in [0.3, 0.4) is 0 Å². The number of hydrogen-bond acceptors (Lipinski definition) is 4. The van der Waals surface area contributed by atoms with Gasteiger partial charge in [0.15, 0.2) is 5.65 Å². The predicted molar refractivity (Wildman–Crippen MR) is 87.3 cm³/mol. The number of rotatable bonds is 2. The Morgan fingerprint density at radius 3 is 2.78 bits per heavy atom. The fourth-order valence-electron chi connectivity index (χ4n) is 3.37. The standard InChI is InChI=1S/C16H20N6O/c23-16(19-14-4-3-9-22-15(14)17-12-18-22)21-10-5-13(6-11-21)20-7-1-2-8-20/h1-4,9,12-13H,5-8,10-11H2,(H,19,23). The highest BCUT2D eigenvalue weighted by Gasteiger charge is 2.27. The SMILES string of the molecule is O=C(Nc1cccn2ncnc12)N1CCC(N2CC=CC2)CC1. The Bertz CT molecular complexity index is 723. The molecule has 2 aromatic rings. The van der Waals surface area contributed by atoms with Crippen LogP contribution in [0.2, 0.25) is 0 Å². The molecular weight excluding hydrogens is 292 g/mol. The van der Waals surface area contributed by atoms with Gasteiger partial charge in [-0.1, -0.05) is 12.2 Å². The molecular formula is C16H20N6O. The second-order valence-corrected chi connectivity index (χ2v) is 6.02. The second-order valence-electron chi connectivity index (χ2n) is 6.02. The summed E-state index contributed by atoms with van der Waals surface area (Å²) in [6.45, 7) is 3.68. The molecule has 0 atom stereocenters. The van der Waals surface area contributed by atoms with Gasteiger partial charge in [-0.15, -0.1) is 0 Å². The van der Waals surface area contributed by atoms with Crippen molar-refractivity contribution in [2.45, 2.75) is 18.9 Å². The van der Waals surface area contributed by atoms with Crippen LogP contribution in [0, 0.1) is 0 Å². The Labute approximate surface area is 134 Å². The van der Waals surface area contributed by atoms with Crippen molar-refractivity contribution in [2.24, 2.45) is 0 Å². The molecule has 0 radical (unpaired) electrons. The summed E-state index contributed by atoms with van der Waals surface area (Å²) < 4.78 is 1.65. The molecule has 2 aromatic heterocycles. The summed E-state index contributed by atoms with van der Waals surface area (Å²) in [6.07, 6.45) is 9.80. The number of amides is 2. The molecule has 0 aliphatic carbocycles. The van der Waals surface area contributed by atoms with Crippen molar-refractivity contribution < 1.29 is 4.79 Å². The molecule has 7 nitrogen and oxygen atoms in total. The number of carbonyl (C=O) groups is 1. The first-order valence-corrected chi connectivity index (χ1v) is 8.04. The lowest BCUT2D eigenvalue weighted by Crippen LogP contribution is -2.47. The van der Waals surface area contributed by atoms with Crippen molar-refractivity contribution in [1.82, 2.24) is 24.4 Å². The Hall–Kier alpha value is -2.41. The van der Waals surface area contributed by atoms with Gasteiger partial charge in [-0.25, -0.2) is 14.3 Å². The van der Waals surface area contributed by atoms with Gasteiger partial charge in [0, 0.05) is 38.4 Å². The van der Waals surface area contributed by atoms with Crippen LogP contribution in [0.15, 0.2) is 36.8 Å². The van der Waals surface area contributed by atoms with E-state index < -0.39 is 0 Å². The highest BCUT2D eigenvalue weighted by atomic mass is 16.2. The molecule has 1 saturated heterocycles. The van der Waals surface area contributed by atoms with Crippen molar-refractivity contribution >= 4 is 17.4 Å². The molecule has 0 unspecified atom stereocenters. The van der Waals surface area contributed by atoms with Crippen molar-refractivity contribution in [3.05, 3.63) is 36.8 Å². The van der Waals surface area contributed by atoms with E-state index in [9.17, 15) is 4.79 Å². The number of urea groups is 1. The number of nitrogens with zero attached hydrogens (tertiary/aromatic N) is 5. The van der Waals surface area contributed by atoms with Gasteiger partial charge >= 0.3 is 6.03 Å². The maximum atomic E-state index is 12.5. The van der Waals surface area contributed by atoms with E-state index in [0.29, 0.717) is 17.4 Å². The van der Waals surface area contributed by atoms with Gasteiger partial charge in [-0.05, 0) is 25.0 Å². The monoisotopic (exact) mass is 312 g/mol. The average Bonchev–Trinajstić information content (AvgIpc) is 3.27. The Morgan fingerprint density at radius 2 is 2.00 bits per heavy atom. The van der Waals surface area contributed by atoms with Crippen molar-refractivity contribution in [2.75, 3.05) is 31.5 Å². The second kappa shape index (κ2) is 6.00. The van der Waals surface area contributed by atoms with Crippen LogP contribution in [0.4, 0.5) is 10.5 Å². The number of aromatic nitrogens is 3. The van der Waals surface area contributed by atoms with Gasteiger partial charge in [0.1, 0.15) is 6.33 Å². The fourth-order valence-corrected chi connectivity index (χ4v) is 3.37. The third-order valence-corrected chi connectivity index (χ3v) is 4.66. The third-order valence-electron chi connectivity index (χ3n) is 4.66. The molecule has 120 valence electrons. The van der Waals surface area contributed by atoms with Gasteiger partial charge in [-0.2, -0.15) is 5.10 Å². The average molecular weight is 312 g/mol. The van der Waals surface area contributed by atoms with Crippen LogP contribution in [0.1, 0.15) is 12.8 Å². The van der Waals surface area contributed by atoms with E-state index in [4.69, 9.17) is 0 Å². The maximum absolute atomic E-state index is 12.5. The summed E-state index contributed by atoms with van der Waals surface area (Å²) in [5.41, 5.74) is 1.36. The summed E-state index contributed by atoms with van der Waals surface area (Å²) in [6, 6.07) is 4.24. The lowest BCUT2D eigenvalue weighted by Gasteiger charge is -2.36. The molecule has 2 aliphatic rings. The van der Waals surface area contributed by atoms with E-state index in [2.05, 4.69) is 32.5 Å². The van der Waals surface area contributed by atoms with Crippen LogP contribution in [0.5, 0.6) is 0 Å². The van der Waals surface area contributed by atoms with Gasteiger partial charge in [0.05, 0.1) is 5.69 Å². The number of nitrogens with one attached hydrogen (secondary N) is 1. The molecule has 1 fully saturated rings. The summed E-state index contributed by atoms with van der Waals surface area (Å²) in [5, 5.41) is 7.05. The zero-order valence-electron chi connectivity index (χ0n) is 12.9. The summed E-state index contributed by atoms with van der Waals surface area (Å²) in [7, 11) is 0. The molecule has 0 saturated carbocycles. The molecule has 2 amide bonds. The van der Waals surface area contributed by atoms with Crippen LogP contribution < -0.4 is 5.32 Å². The van der Waals surface area contributed by atoms with Crippen molar-refractivity contribution in [1.29, 1.82) is 0 Å². The van der Waals surface area contributed by atoms with Gasteiger partial charge < -0.3 is 10.2 Å². The van der Waals surface area contributed by atoms with Crippen LogP contribution >= 0.6 is 0 Å². The topological polar surface area (TPSA) is 65.8 Å². The lowest BCUT2D eigenvalue weighted by molar-refractivity contribution is 0.144. The smallest absolute Gasteiger partial charge is 0.321 e. The van der Waals surface area contributed by atoms with E-state index in [-0.39, 0.29) is 6.03 Å². The zero-order chi connectivity index (χ0) is 15.6. The van der Waals surface area contributed by atoms with E-state index in [1.165, 1.54) is 6.33 Å². The molecule has 4 heterocycles. The first-order valence-electron chi connectivity index (χ1n) is 8.04. The number of fused-ring (bicyclic) bond motifs is 1. The van der Waals surface area contributed by atoms with E-state index in [0.717, 1.165) is 39.0 Å². The van der Waals surface area contributed by atoms with Gasteiger partial charge in [0.2, 0.25) is 0 Å². The van der Waals surface area contributed by atoms with E-state index in [1.54, 1.807) is 4.52 Å². The largest absolute Gasteiger partial charge is 0.324 e. The molecule has 0 aromatic carbocycles. The first-order chi connectivity index (χ1) is 11.3. The number of carbonyl (C=O) groups excluding carboxylic acids is 1. The lowest BCUT2D eigenvalue weighted by atomic mass is 10.0. The minimum atomic E-state index is -0.0564. The molecule has 7 heteroatoms. The molecule has 1 N–H and O–H groups in total. The van der Waals surface area contributed by atoms with E-state index >= 15 is 0 Å². The normalized spacial score (nSPS) is 19.6. The van der Waals surface area contributed by atoms with Gasteiger partial charge in [-0.3, -0.25) is 4.90 Å². The molecule has 2 aliphatic heterocycles. The van der Waals surface area contributed by atoms with Crippen LogP contribution in [-0.2, 0) is 0 Å². The Balaban J connectivity index is 1.37. The molecule has 0 spiro atoms. The number of pyridine rings is 1. The summed E-state index contributed by atoms with van der Waals surface area (Å²) in [5.74, 6) is 0. The zero-order valence-corrected chi connectivity index (χ0v) is 12.9. The number of piperidine rings is 1. The molecule has 0 bridgehead atoms. The molecule has 4 rings (SSSR count). The van der Waals surface area contributed by atoms with E-state index in [1.807, 2.05) is 23.2 Å². The highest BCUT2D eigenvalue weighted by Crippen LogP contribution is 2.20. The third kappa shape index (κ3) is 2.79. The van der Waals surface area contributed by atoms with Gasteiger partial charge in [0.25, 0.3) is 0 Å². The number of hydrogen-bond donors (Lipinski definition) is 1. The number of anilines is 1. The molecule has 23 heavy (non-hydrogen) atoms. The number of likely N-dealkylation sites (tertiary alicyclic amines) is 1. The minimum Gasteiger partial charge on any atom is -0.324 e. The Morgan fingerprint density at radius 1 is 1.22 bits per heavy atom. The van der Waals surface area contributed by atoms with Crippen molar-refractivity contribution in [3.63, 3.8) is 0 Å². The summed E-state index contributed by atoms with van der Waals surface area (Å²) in [4.78, 5) is 21.0. The maximum Gasteiger partial charge on any atom is 0.321 e. The van der Waals surface area contributed by atoms with Crippen LogP contribution in [0.25, 0.3) is 5.65 Å². The first kappa shape index (κ1) is 14.2. The summed E-state index contributed by atoms with van der Waals surface area (Å²) >= 11 is 0. The van der Waals surface area contributed by atoms with Crippen LogP contribution in [-0.4, -0.2) is 62.6 Å². The fraction of sp³-hybridized carbons (Fsp3) is 0.438. The Kier molecular flexibility index (Phi) is 3.70.